The van der Waals surface area contributed by atoms with Gasteiger partial charge in [-0.25, -0.2) is 4.68 Å². The minimum absolute atomic E-state index is 0.146. The van der Waals surface area contributed by atoms with Crippen LogP contribution in [0.5, 0.6) is 0 Å². The zero-order chi connectivity index (χ0) is 20.3. The van der Waals surface area contributed by atoms with Crippen molar-refractivity contribution in [2.75, 3.05) is 10.6 Å². The molecule has 0 bridgehead atoms. The van der Waals surface area contributed by atoms with Crippen molar-refractivity contribution in [3.8, 4) is 0 Å². The molecule has 3 aromatic carbocycles. The van der Waals surface area contributed by atoms with Gasteiger partial charge in [-0.1, -0.05) is 78.9 Å². The molecule has 1 aliphatic heterocycles. The third-order valence-corrected chi connectivity index (χ3v) is 4.95. The number of carbonyl (C=O) groups is 1. The molecule has 1 aromatic heterocycles. The van der Waals surface area contributed by atoms with Crippen LogP contribution in [-0.2, 0) is 0 Å². The second-order valence-electron chi connectivity index (χ2n) is 6.95. The lowest BCUT2D eigenvalue weighted by Crippen LogP contribution is -2.20. The molecule has 0 aliphatic carbocycles. The maximum absolute atomic E-state index is 12.5. The number of fused-ring (bicyclic) bond motifs is 1. The summed E-state index contributed by atoms with van der Waals surface area (Å²) in [7, 11) is 0. The topological polar surface area (TPSA) is 71.8 Å². The Bertz CT molecular complexity index is 1200. The quantitative estimate of drug-likeness (QED) is 0.532. The number of nitrogens with one attached hydrogen (secondary N) is 2. The Hall–Kier alpha value is -4.19. The van der Waals surface area contributed by atoms with E-state index in [-0.39, 0.29) is 17.9 Å². The molecule has 0 unspecified atom stereocenters. The highest BCUT2D eigenvalue weighted by atomic mass is 16.1. The number of aromatic nitrogens is 3. The molecule has 0 fully saturated rings. The zero-order valence-corrected chi connectivity index (χ0v) is 16.1. The summed E-state index contributed by atoms with van der Waals surface area (Å²) < 4.78 is 1.79. The Morgan fingerprint density at radius 1 is 0.867 bits per heavy atom. The van der Waals surface area contributed by atoms with Gasteiger partial charge in [-0.3, -0.25) is 10.1 Å². The first-order valence-electron chi connectivity index (χ1n) is 9.70. The Balaban J connectivity index is 1.51. The molecule has 6 nitrogen and oxygen atoms in total. The van der Waals surface area contributed by atoms with E-state index in [1.807, 2.05) is 66.7 Å². The molecular weight excluding hydrogens is 374 g/mol. The van der Waals surface area contributed by atoms with E-state index >= 15 is 0 Å². The van der Waals surface area contributed by atoms with Crippen LogP contribution in [0.25, 0.3) is 5.70 Å². The summed E-state index contributed by atoms with van der Waals surface area (Å²) in [6.07, 6.45) is 2.12. The number of hydrogen-bond acceptors (Lipinski definition) is 4. The van der Waals surface area contributed by atoms with Gasteiger partial charge < -0.3 is 5.32 Å². The smallest absolute Gasteiger partial charge is 0.258 e. The van der Waals surface area contributed by atoms with Crippen LogP contribution >= 0.6 is 0 Å². The molecule has 1 atom stereocenters. The average molecular weight is 393 g/mol. The maximum atomic E-state index is 12.5. The van der Waals surface area contributed by atoms with Crippen LogP contribution < -0.4 is 10.6 Å². The molecule has 0 saturated carbocycles. The van der Waals surface area contributed by atoms with Gasteiger partial charge in [0.05, 0.1) is 0 Å². The Labute approximate surface area is 173 Å². The van der Waals surface area contributed by atoms with Crippen molar-refractivity contribution in [3.63, 3.8) is 0 Å². The van der Waals surface area contributed by atoms with E-state index in [1.165, 1.54) is 0 Å². The molecule has 0 spiro atoms. The van der Waals surface area contributed by atoms with E-state index in [2.05, 4.69) is 38.9 Å². The van der Waals surface area contributed by atoms with Gasteiger partial charge in [-0.2, -0.15) is 4.98 Å². The molecule has 0 saturated heterocycles. The van der Waals surface area contributed by atoms with Gasteiger partial charge in [0.25, 0.3) is 11.9 Å². The van der Waals surface area contributed by atoms with Crippen molar-refractivity contribution >= 4 is 23.5 Å². The molecule has 1 amide bonds. The van der Waals surface area contributed by atoms with Crippen molar-refractivity contribution in [1.82, 2.24) is 14.8 Å². The van der Waals surface area contributed by atoms with Gasteiger partial charge in [0.1, 0.15) is 6.04 Å². The van der Waals surface area contributed by atoms with Crippen molar-refractivity contribution in [2.45, 2.75) is 6.04 Å². The molecule has 0 radical (unpaired) electrons. The first-order chi connectivity index (χ1) is 14.8. The third-order valence-electron chi connectivity index (χ3n) is 4.95. The highest BCUT2D eigenvalue weighted by molar-refractivity contribution is 6.03. The van der Waals surface area contributed by atoms with Crippen LogP contribution in [0, 0.1) is 0 Å². The summed E-state index contributed by atoms with van der Waals surface area (Å²) >= 11 is 0. The van der Waals surface area contributed by atoms with E-state index in [9.17, 15) is 4.79 Å². The summed E-state index contributed by atoms with van der Waals surface area (Å²) in [5.41, 5.74) is 3.65. The SMILES string of the molecule is O=C(Nc1nc2n(n1)[C@@H](c1ccccc1)C=C(c1ccccc1)N2)c1ccccc1. The normalized spacial score (nSPS) is 14.9. The summed E-state index contributed by atoms with van der Waals surface area (Å²) in [6.45, 7) is 0. The maximum Gasteiger partial charge on any atom is 0.258 e. The average Bonchev–Trinajstić information content (AvgIpc) is 3.22. The van der Waals surface area contributed by atoms with Gasteiger partial charge in [-0.05, 0) is 29.3 Å². The highest BCUT2D eigenvalue weighted by Gasteiger charge is 2.25. The number of anilines is 2. The fourth-order valence-electron chi connectivity index (χ4n) is 3.48. The fourth-order valence-corrected chi connectivity index (χ4v) is 3.48. The number of hydrogen-bond donors (Lipinski definition) is 2. The Morgan fingerprint density at radius 2 is 1.50 bits per heavy atom. The largest absolute Gasteiger partial charge is 0.324 e. The van der Waals surface area contributed by atoms with Crippen molar-refractivity contribution in [3.05, 3.63) is 114 Å². The van der Waals surface area contributed by atoms with Crippen LogP contribution in [0.2, 0.25) is 0 Å². The molecule has 4 aromatic rings. The lowest BCUT2D eigenvalue weighted by Gasteiger charge is -2.24. The van der Waals surface area contributed by atoms with Crippen LogP contribution in [0.1, 0.15) is 27.5 Å². The minimum atomic E-state index is -0.244. The fraction of sp³-hybridized carbons (Fsp3) is 0.0417. The molecule has 30 heavy (non-hydrogen) atoms. The van der Waals surface area contributed by atoms with Crippen molar-refractivity contribution in [2.24, 2.45) is 0 Å². The molecule has 6 heteroatoms. The molecule has 146 valence electrons. The van der Waals surface area contributed by atoms with Crippen LogP contribution in [0.4, 0.5) is 11.9 Å². The first kappa shape index (κ1) is 17.9. The molecule has 2 heterocycles. The summed E-state index contributed by atoms with van der Waals surface area (Å²) in [6, 6.07) is 29.1. The second-order valence-corrected chi connectivity index (χ2v) is 6.95. The first-order valence-corrected chi connectivity index (χ1v) is 9.70. The molecular formula is C24H19N5O. The van der Waals surface area contributed by atoms with E-state index in [0.717, 1.165) is 16.8 Å². The predicted octanol–water partition coefficient (Wildman–Crippen LogP) is 4.59. The molecule has 2 N–H and O–H groups in total. The van der Waals surface area contributed by atoms with Gasteiger partial charge in [0, 0.05) is 11.3 Å². The lowest BCUT2D eigenvalue weighted by atomic mass is 10.0. The van der Waals surface area contributed by atoms with Gasteiger partial charge >= 0.3 is 0 Å². The summed E-state index contributed by atoms with van der Waals surface area (Å²) in [5, 5.41) is 10.7. The van der Waals surface area contributed by atoms with Gasteiger partial charge in [0.2, 0.25) is 5.95 Å². The number of benzene rings is 3. The minimum Gasteiger partial charge on any atom is -0.324 e. The van der Waals surface area contributed by atoms with Crippen molar-refractivity contribution in [1.29, 1.82) is 0 Å². The Morgan fingerprint density at radius 3 is 2.20 bits per heavy atom. The van der Waals surface area contributed by atoms with Crippen molar-refractivity contribution < 1.29 is 4.79 Å². The second kappa shape index (κ2) is 7.67. The van der Waals surface area contributed by atoms with Gasteiger partial charge in [0.15, 0.2) is 0 Å². The molecule has 5 rings (SSSR count). The number of nitrogens with zero attached hydrogens (tertiary/aromatic N) is 3. The van der Waals surface area contributed by atoms with E-state index < -0.39 is 0 Å². The molecule has 1 aliphatic rings. The van der Waals surface area contributed by atoms with E-state index in [4.69, 9.17) is 0 Å². The monoisotopic (exact) mass is 393 g/mol. The number of allylic oxidation sites excluding steroid dienone is 1. The van der Waals surface area contributed by atoms with E-state index in [0.29, 0.717) is 11.5 Å². The summed E-state index contributed by atoms with van der Waals surface area (Å²) in [4.78, 5) is 17.1. The van der Waals surface area contributed by atoms with Crippen LogP contribution in [0.15, 0.2) is 97.1 Å². The Kier molecular flexibility index (Phi) is 4.57. The predicted molar refractivity (Wildman–Crippen MR) is 117 cm³/mol. The van der Waals surface area contributed by atoms with Crippen LogP contribution in [0.3, 0.4) is 0 Å². The van der Waals surface area contributed by atoms with Crippen LogP contribution in [-0.4, -0.2) is 20.7 Å². The number of rotatable bonds is 4. The van der Waals surface area contributed by atoms with Gasteiger partial charge in [-0.15, -0.1) is 5.10 Å². The lowest BCUT2D eigenvalue weighted by molar-refractivity contribution is 0.102. The summed E-state index contributed by atoms with van der Waals surface area (Å²) in [5.74, 6) is 0.592. The number of amides is 1. The van der Waals surface area contributed by atoms with E-state index in [1.54, 1.807) is 16.8 Å². The standard InChI is InChI=1S/C24H19N5O/c30-22(19-14-8-3-9-15-19)26-23-27-24-25-20(17-10-4-1-5-11-17)16-21(29(24)28-23)18-12-6-2-7-13-18/h1-16,21H,(H2,25,26,27,28,30)/t21-/m1/s1. The number of carbonyl (C=O) groups excluding carboxylic acids is 1. The highest BCUT2D eigenvalue weighted by Crippen LogP contribution is 2.33. The zero-order valence-electron chi connectivity index (χ0n) is 16.1. The third kappa shape index (κ3) is 3.46.